The first kappa shape index (κ1) is 29.6. The molecule has 0 aliphatic carbocycles. The van der Waals surface area contributed by atoms with Gasteiger partial charge in [-0.15, -0.1) is 0 Å². The van der Waals surface area contributed by atoms with E-state index in [4.69, 9.17) is 11.5 Å². The molecule has 0 bridgehead atoms. The van der Waals surface area contributed by atoms with Gasteiger partial charge in [0.15, 0.2) is 0 Å². The Labute approximate surface area is 205 Å². The van der Waals surface area contributed by atoms with E-state index in [-0.39, 0.29) is 18.8 Å². The van der Waals surface area contributed by atoms with Gasteiger partial charge in [-0.25, -0.2) is 4.79 Å². The normalized spacial score (nSPS) is 14.5. The second kappa shape index (κ2) is 14.1. The van der Waals surface area contributed by atoms with Crippen molar-refractivity contribution in [1.29, 1.82) is 0 Å². The van der Waals surface area contributed by atoms with Crippen molar-refractivity contribution in [3.05, 3.63) is 35.9 Å². The van der Waals surface area contributed by atoms with Crippen molar-refractivity contribution in [2.75, 3.05) is 0 Å². The first-order valence-electron chi connectivity index (χ1n) is 11.5. The van der Waals surface area contributed by atoms with Crippen LogP contribution in [0.1, 0.15) is 46.1 Å². The summed E-state index contributed by atoms with van der Waals surface area (Å²) in [5, 5.41) is 16.7. The highest BCUT2D eigenvalue weighted by atomic mass is 16.4. The SMILES string of the molecule is CC(C)C[C@H](NC(=O)[C@@H](N)Cc1ccccc1)C(=O)N[C@@H](CC(N)=O)C(=O)N[C@H](C(=O)O)C(C)C. The van der Waals surface area contributed by atoms with E-state index in [1.165, 1.54) is 0 Å². The Morgan fingerprint density at radius 2 is 1.40 bits per heavy atom. The summed E-state index contributed by atoms with van der Waals surface area (Å²) < 4.78 is 0. The molecule has 0 heterocycles. The highest BCUT2D eigenvalue weighted by Crippen LogP contribution is 2.09. The van der Waals surface area contributed by atoms with Gasteiger partial charge >= 0.3 is 5.97 Å². The molecule has 0 saturated heterocycles. The first-order valence-corrected chi connectivity index (χ1v) is 11.5. The van der Waals surface area contributed by atoms with E-state index < -0.39 is 66.1 Å². The van der Waals surface area contributed by atoms with Gasteiger partial charge in [0.2, 0.25) is 23.6 Å². The van der Waals surface area contributed by atoms with Gasteiger partial charge in [-0.3, -0.25) is 19.2 Å². The minimum Gasteiger partial charge on any atom is -0.480 e. The third-order valence-electron chi connectivity index (χ3n) is 5.24. The number of hydrogen-bond acceptors (Lipinski definition) is 6. The minimum atomic E-state index is -1.41. The monoisotopic (exact) mass is 491 g/mol. The summed E-state index contributed by atoms with van der Waals surface area (Å²) in [6.07, 6.45) is -0.0384. The van der Waals surface area contributed by atoms with E-state index in [2.05, 4.69) is 16.0 Å². The number of benzene rings is 1. The molecule has 11 nitrogen and oxygen atoms in total. The molecule has 4 atom stereocenters. The minimum absolute atomic E-state index is 0.00264. The van der Waals surface area contributed by atoms with Crippen molar-refractivity contribution in [1.82, 2.24) is 16.0 Å². The zero-order valence-electron chi connectivity index (χ0n) is 20.6. The van der Waals surface area contributed by atoms with Gasteiger partial charge in [0.1, 0.15) is 18.1 Å². The number of carbonyl (C=O) groups excluding carboxylic acids is 4. The highest BCUT2D eigenvalue weighted by molar-refractivity contribution is 5.96. The van der Waals surface area contributed by atoms with Gasteiger partial charge in [-0.2, -0.15) is 0 Å². The molecule has 0 spiro atoms. The molecule has 11 heteroatoms. The molecule has 1 aromatic rings. The average molecular weight is 492 g/mol. The average Bonchev–Trinajstić information content (AvgIpc) is 2.75. The number of primary amides is 1. The molecule has 8 N–H and O–H groups in total. The molecule has 0 aromatic heterocycles. The zero-order valence-corrected chi connectivity index (χ0v) is 20.6. The van der Waals surface area contributed by atoms with Crippen LogP contribution in [0.4, 0.5) is 0 Å². The number of rotatable bonds is 14. The van der Waals surface area contributed by atoms with Crippen LogP contribution in [0.15, 0.2) is 30.3 Å². The second-order valence-corrected chi connectivity index (χ2v) is 9.29. The molecular formula is C24H37N5O6. The van der Waals surface area contributed by atoms with Crippen LogP contribution in [0.5, 0.6) is 0 Å². The summed E-state index contributed by atoms with van der Waals surface area (Å²) in [7, 11) is 0. The van der Waals surface area contributed by atoms with Crippen molar-refractivity contribution in [3.8, 4) is 0 Å². The molecule has 0 unspecified atom stereocenters. The number of carbonyl (C=O) groups is 5. The molecule has 0 aliphatic rings. The predicted octanol–water partition coefficient (Wildman–Crippen LogP) is -0.327. The van der Waals surface area contributed by atoms with Crippen LogP contribution in [-0.2, 0) is 30.4 Å². The predicted molar refractivity (Wildman–Crippen MR) is 130 cm³/mol. The van der Waals surface area contributed by atoms with Crippen LogP contribution >= 0.6 is 0 Å². The molecular weight excluding hydrogens is 454 g/mol. The van der Waals surface area contributed by atoms with Gasteiger partial charge < -0.3 is 32.5 Å². The molecule has 35 heavy (non-hydrogen) atoms. The Bertz CT molecular complexity index is 890. The van der Waals surface area contributed by atoms with Gasteiger partial charge in [-0.1, -0.05) is 58.0 Å². The number of nitrogens with two attached hydrogens (primary N) is 2. The maximum absolute atomic E-state index is 13.0. The zero-order chi connectivity index (χ0) is 26.7. The third-order valence-corrected chi connectivity index (χ3v) is 5.24. The van der Waals surface area contributed by atoms with Crippen molar-refractivity contribution < 1.29 is 29.1 Å². The Hall–Kier alpha value is -3.47. The van der Waals surface area contributed by atoms with E-state index >= 15 is 0 Å². The lowest BCUT2D eigenvalue weighted by Gasteiger charge is -2.26. The first-order chi connectivity index (χ1) is 16.3. The maximum atomic E-state index is 13.0. The third kappa shape index (κ3) is 10.6. The molecule has 1 rings (SSSR count). The van der Waals surface area contributed by atoms with Crippen LogP contribution in [0.2, 0.25) is 0 Å². The number of aliphatic carboxylic acids is 1. The lowest BCUT2D eigenvalue weighted by molar-refractivity contribution is -0.143. The molecule has 4 amide bonds. The Morgan fingerprint density at radius 3 is 1.89 bits per heavy atom. The van der Waals surface area contributed by atoms with Gasteiger partial charge in [0.25, 0.3) is 0 Å². The van der Waals surface area contributed by atoms with E-state index in [1.807, 2.05) is 44.2 Å². The fourth-order valence-electron chi connectivity index (χ4n) is 3.39. The van der Waals surface area contributed by atoms with Gasteiger partial charge in [0, 0.05) is 0 Å². The van der Waals surface area contributed by atoms with Crippen molar-refractivity contribution in [2.24, 2.45) is 23.3 Å². The number of nitrogens with one attached hydrogen (secondary N) is 3. The lowest BCUT2D eigenvalue weighted by atomic mass is 10.0. The number of carboxylic acid groups (broad SMARTS) is 1. The van der Waals surface area contributed by atoms with E-state index in [9.17, 15) is 29.1 Å². The van der Waals surface area contributed by atoms with Crippen LogP contribution in [-0.4, -0.2) is 58.9 Å². The van der Waals surface area contributed by atoms with Gasteiger partial charge in [-0.05, 0) is 30.2 Å². The summed E-state index contributed by atoms with van der Waals surface area (Å²) in [6.45, 7) is 6.91. The number of carboxylic acids is 1. The second-order valence-electron chi connectivity index (χ2n) is 9.29. The fraction of sp³-hybridized carbons (Fsp3) is 0.542. The lowest BCUT2D eigenvalue weighted by Crippen LogP contribution is -2.58. The molecule has 0 aliphatic heterocycles. The summed E-state index contributed by atoms with van der Waals surface area (Å²) >= 11 is 0. The van der Waals surface area contributed by atoms with Crippen molar-refractivity contribution >= 4 is 29.6 Å². The quantitative estimate of drug-likeness (QED) is 0.205. The number of hydrogen-bond donors (Lipinski definition) is 6. The highest BCUT2D eigenvalue weighted by Gasteiger charge is 2.32. The fourth-order valence-corrected chi connectivity index (χ4v) is 3.39. The van der Waals surface area contributed by atoms with Crippen molar-refractivity contribution in [3.63, 3.8) is 0 Å². The van der Waals surface area contributed by atoms with Crippen LogP contribution in [0, 0.1) is 11.8 Å². The summed E-state index contributed by atoms with van der Waals surface area (Å²) in [6, 6.07) is 4.58. The topological polar surface area (TPSA) is 194 Å². The standard InChI is InChI=1S/C24H37N5O6/c1-13(2)10-17(27-21(31)16(25)11-15-8-6-5-7-9-15)22(32)28-18(12-19(26)30)23(33)29-20(14(3)4)24(34)35/h5-9,13-14,16-18,20H,10-12,25H2,1-4H3,(H2,26,30)(H,27,31)(H,28,32)(H,29,33)(H,34,35)/t16-,17-,18-,20-/m0/s1. The largest absolute Gasteiger partial charge is 0.480 e. The van der Waals surface area contributed by atoms with Gasteiger partial charge in [0.05, 0.1) is 12.5 Å². The van der Waals surface area contributed by atoms with Crippen LogP contribution in [0.25, 0.3) is 0 Å². The van der Waals surface area contributed by atoms with E-state index in [0.29, 0.717) is 0 Å². The van der Waals surface area contributed by atoms with Crippen LogP contribution in [0.3, 0.4) is 0 Å². The van der Waals surface area contributed by atoms with E-state index in [1.54, 1.807) is 13.8 Å². The Kier molecular flexibility index (Phi) is 11.9. The summed E-state index contributed by atoms with van der Waals surface area (Å²) in [5.41, 5.74) is 12.1. The maximum Gasteiger partial charge on any atom is 0.326 e. The summed E-state index contributed by atoms with van der Waals surface area (Å²) in [5.74, 6) is -4.69. The molecule has 0 saturated carbocycles. The smallest absolute Gasteiger partial charge is 0.326 e. The Morgan fingerprint density at radius 1 is 0.857 bits per heavy atom. The molecule has 194 valence electrons. The van der Waals surface area contributed by atoms with E-state index in [0.717, 1.165) is 5.56 Å². The number of amides is 4. The molecule has 0 radical (unpaired) electrons. The van der Waals surface area contributed by atoms with Crippen molar-refractivity contribution in [2.45, 2.75) is 71.1 Å². The molecule has 0 fully saturated rings. The Balaban J connectivity index is 2.97. The molecule has 1 aromatic carbocycles. The van der Waals surface area contributed by atoms with Crippen LogP contribution < -0.4 is 27.4 Å². The summed E-state index contributed by atoms with van der Waals surface area (Å²) in [4.78, 5) is 61.4.